The molecule has 0 unspecified atom stereocenters. The SMILES string of the molecule is CCc1cc(C)c(OC)c(O)c1. The number of aryl methyl sites for hydroxylation is 2. The van der Waals surface area contributed by atoms with Crippen molar-refractivity contribution in [2.24, 2.45) is 0 Å². The Balaban J connectivity index is 3.18. The average Bonchev–Trinajstić information content (AvgIpc) is 2.03. The van der Waals surface area contributed by atoms with Gasteiger partial charge in [0.25, 0.3) is 0 Å². The second kappa shape index (κ2) is 3.48. The lowest BCUT2D eigenvalue weighted by Crippen LogP contribution is -1.90. The molecule has 2 heteroatoms. The molecule has 0 saturated carbocycles. The highest BCUT2D eigenvalue weighted by Crippen LogP contribution is 2.30. The summed E-state index contributed by atoms with van der Waals surface area (Å²) in [6.07, 6.45) is 0.929. The van der Waals surface area contributed by atoms with Crippen LogP contribution in [0.25, 0.3) is 0 Å². The van der Waals surface area contributed by atoms with Crippen LogP contribution in [0.4, 0.5) is 0 Å². The van der Waals surface area contributed by atoms with Gasteiger partial charge in [-0.2, -0.15) is 0 Å². The minimum Gasteiger partial charge on any atom is -0.504 e. The van der Waals surface area contributed by atoms with Crippen molar-refractivity contribution in [2.45, 2.75) is 20.3 Å². The van der Waals surface area contributed by atoms with Crippen LogP contribution in [-0.2, 0) is 6.42 Å². The van der Waals surface area contributed by atoms with Crippen LogP contribution in [0.1, 0.15) is 18.1 Å². The van der Waals surface area contributed by atoms with Gasteiger partial charge in [0.2, 0.25) is 0 Å². The van der Waals surface area contributed by atoms with Crippen molar-refractivity contribution in [1.82, 2.24) is 0 Å². The van der Waals surface area contributed by atoms with Gasteiger partial charge in [0, 0.05) is 0 Å². The Kier molecular flexibility index (Phi) is 2.58. The first-order valence-corrected chi connectivity index (χ1v) is 4.05. The summed E-state index contributed by atoms with van der Waals surface area (Å²) in [4.78, 5) is 0. The van der Waals surface area contributed by atoms with Crippen molar-refractivity contribution in [3.8, 4) is 11.5 Å². The molecule has 0 radical (unpaired) electrons. The van der Waals surface area contributed by atoms with Gasteiger partial charge >= 0.3 is 0 Å². The first-order valence-electron chi connectivity index (χ1n) is 4.05. The van der Waals surface area contributed by atoms with E-state index in [1.807, 2.05) is 13.0 Å². The van der Waals surface area contributed by atoms with E-state index in [9.17, 15) is 5.11 Å². The molecule has 1 aromatic carbocycles. The Hall–Kier alpha value is -1.18. The molecule has 0 aromatic heterocycles. The molecule has 66 valence electrons. The van der Waals surface area contributed by atoms with Gasteiger partial charge in [0.1, 0.15) is 0 Å². The van der Waals surface area contributed by atoms with E-state index in [1.165, 1.54) is 0 Å². The number of aromatic hydroxyl groups is 1. The topological polar surface area (TPSA) is 29.5 Å². The van der Waals surface area contributed by atoms with Crippen molar-refractivity contribution in [3.63, 3.8) is 0 Å². The monoisotopic (exact) mass is 166 g/mol. The molecule has 0 amide bonds. The number of benzene rings is 1. The molecule has 0 spiro atoms. The molecule has 0 heterocycles. The van der Waals surface area contributed by atoms with Crippen LogP contribution in [0.15, 0.2) is 12.1 Å². The number of phenols is 1. The Labute approximate surface area is 72.8 Å². The smallest absolute Gasteiger partial charge is 0.163 e. The maximum Gasteiger partial charge on any atom is 0.163 e. The highest BCUT2D eigenvalue weighted by Gasteiger charge is 2.05. The van der Waals surface area contributed by atoms with E-state index in [-0.39, 0.29) is 5.75 Å². The van der Waals surface area contributed by atoms with Gasteiger partial charge in [0.15, 0.2) is 11.5 Å². The third kappa shape index (κ3) is 1.52. The fourth-order valence-corrected chi connectivity index (χ4v) is 1.30. The van der Waals surface area contributed by atoms with E-state index in [2.05, 4.69) is 6.92 Å². The number of rotatable bonds is 2. The molecule has 0 atom stereocenters. The maximum atomic E-state index is 9.48. The molecule has 0 bridgehead atoms. The summed E-state index contributed by atoms with van der Waals surface area (Å²) in [7, 11) is 1.56. The first kappa shape index (κ1) is 8.91. The second-order valence-corrected chi connectivity index (χ2v) is 2.82. The van der Waals surface area contributed by atoms with Gasteiger partial charge in [-0.15, -0.1) is 0 Å². The molecule has 2 nitrogen and oxygen atoms in total. The lowest BCUT2D eigenvalue weighted by Gasteiger charge is -2.08. The minimum atomic E-state index is 0.231. The molecule has 0 fully saturated rings. The zero-order valence-corrected chi connectivity index (χ0v) is 7.72. The lowest BCUT2D eigenvalue weighted by atomic mass is 10.1. The fourth-order valence-electron chi connectivity index (χ4n) is 1.30. The third-order valence-corrected chi connectivity index (χ3v) is 1.93. The van der Waals surface area contributed by atoms with Gasteiger partial charge in [-0.1, -0.05) is 13.0 Å². The Bertz CT molecular complexity index is 256. The number of hydrogen-bond acceptors (Lipinski definition) is 2. The van der Waals surface area contributed by atoms with E-state index in [0.29, 0.717) is 5.75 Å². The van der Waals surface area contributed by atoms with Crippen LogP contribution in [0, 0.1) is 6.92 Å². The summed E-state index contributed by atoms with van der Waals surface area (Å²) < 4.78 is 5.03. The highest BCUT2D eigenvalue weighted by molar-refractivity contribution is 5.47. The summed E-state index contributed by atoms with van der Waals surface area (Å²) >= 11 is 0. The van der Waals surface area contributed by atoms with E-state index < -0.39 is 0 Å². The molecule has 1 rings (SSSR count). The van der Waals surface area contributed by atoms with E-state index in [0.717, 1.165) is 17.5 Å². The zero-order valence-electron chi connectivity index (χ0n) is 7.72. The van der Waals surface area contributed by atoms with Gasteiger partial charge in [-0.25, -0.2) is 0 Å². The Morgan fingerprint density at radius 1 is 1.42 bits per heavy atom. The molecular weight excluding hydrogens is 152 g/mol. The van der Waals surface area contributed by atoms with Crippen LogP contribution in [0.2, 0.25) is 0 Å². The quantitative estimate of drug-likeness (QED) is 0.730. The van der Waals surface area contributed by atoms with Gasteiger partial charge < -0.3 is 9.84 Å². The number of methoxy groups -OCH3 is 1. The zero-order chi connectivity index (χ0) is 9.14. The van der Waals surface area contributed by atoms with Crippen LogP contribution >= 0.6 is 0 Å². The average molecular weight is 166 g/mol. The molecule has 0 saturated heterocycles. The van der Waals surface area contributed by atoms with Gasteiger partial charge in [-0.3, -0.25) is 0 Å². The normalized spacial score (nSPS) is 9.92. The van der Waals surface area contributed by atoms with E-state index in [4.69, 9.17) is 4.74 Å². The van der Waals surface area contributed by atoms with Crippen LogP contribution in [0.3, 0.4) is 0 Å². The minimum absolute atomic E-state index is 0.231. The van der Waals surface area contributed by atoms with Gasteiger partial charge in [-0.05, 0) is 30.5 Å². The van der Waals surface area contributed by atoms with E-state index in [1.54, 1.807) is 13.2 Å². The summed E-state index contributed by atoms with van der Waals surface area (Å²) in [5.74, 6) is 0.807. The van der Waals surface area contributed by atoms with Crippen molar-refractivity contribution >= 4 is 0 Å². The van der Waals surface area contributed by atoms with Crippen LogP contribution in [0.5, 0.6) is 11.5 Å². The predicted octanol–water partition coefficient (Wildman–Crippen LogP) is 2.27. The van der Waals surface area contributed by atoms with Crippen LogP contribution < -0.4 is 4.74 Å². The van der Waals surface area contributed by atoms with Crippen molar-refractivity contribution in [3.05, 3.63) is 23.3 Å². The summed E-state index contributed by atoms with van der Waals surface area (Å²) in [5.41, 5.74) is 2.11. The van der Waals surface area contributed by atoms with Gasteiger partial charge in [0.05, 0.1) is 7.11 Å². The molecule has 0 aliphatic heterocycles. The van der Waals surface area contributed by atoms with Crippen molar-refractivity contribution < 1.29 is 9.84 Å². The molecule has 1 aromatic rings. The maximum absolute atomic E-state index is 9.48. The molecule has 0 aliphatic rings. The fraction of sp³-hybridized carbons (Fsp3) is 0.400. The van der Waals surface area contributed by atoms with Crippen LogP contribution in [-0.4, -0.2) is 12.2 Å². The number of ether oxygens (including phenoxy) is 1. The Morgan fingerprint density at radius 2 is 2.08 bits per heavy atom. The highest BCUT2D eigenvalue weighted by atomic mass is 16.5. The number of phenolic OH excluding ortho intramolecular Hbond substituents is 1. The van der Waals surface area contributed by atoms with Crippen molar-refractivity contribution in [2.75, 3.05) is 7.11 Å². The summed E-state index contributed by atoms with van der Waals surface area (Å²) in [6.45, 7) is 3.98. The van der Waals surface area contributed by atoms with E-state index >= 15 is 0 Å². The third-order valence-electron chi connectivity index (χ3n) is 1.93. The first-order chi connectivity index (χ1) is 5.69. The lowest BCUT2D eigenvalue weighted by molar-refractivity contribution is 0.370. The molecule has 12 heavy (non-hydrogen) atoms. The largest absolute Gasteiger partial charge is 0.504 e. The summed E-state index contributed by atoms with van der Waals surface area (Å²) in [6, 6.07) is 3.77. The number of hydrogen-bond donors (Lipinski definition) is 1. The molecule has 1 N–H and O–H groups in total. The van der Waals surface area contributed by atoms with Crippen molar-refractivity contribution in [1.29, 1.82) is 0 Å². The molecule has 0 aliphatic carbocycles. The predicted molar refractivity (Wildman–Crippen MR) is 48.8 cm³/mol. The Morgan fingerprint density at radius 3 is 2.50 bits per heavy atom. The molecular formula is C10H14O2. The second-order valence-electron chi connectivity index (χ2n) is 2.82. The summed E-state index contributed by atoms with van der Waals surface area (Å²) in [5, 5.41) is 9.48. The standard InChI is InChI=1S/C10H14O2/c1-4-8-5-7(2)10(12-3)9(11)6-8/h5-6,11H,4H2,1-3H3.